The Hall–Kier alpha value is -1.34. The van der Waals surface area contributed by atoms with E-state index in [4.69, 9.17) is 16.3 Å². The summed E-state index contributed by atoms with van der Waals surface area (Å²) in [5, 5.41) is 6.21. The van der Waals surface area contributed by atoms with Crippen LogP contribution in [0.3, 0.4) is 0 Å². The van der Waals surface area contributed by atoms with Gasteiger partial charge in [0, 0.05) is 31.8 Å². The maximum Gasteiger partial charge on any atom is 0.256 e. The van der Waals surface area contributed by atoms with Gasteiger partial charge in [0.25, 0.3) is 5.91 Å². The number of nitrogens with zero attached hydrogens (tertiary/aromatic N) is 1. The molecule has 6 nitrogen and oxygen atoms in total. The normalized spacial score (nSPS) is 13.5. The number of amides is 2. The first-order valence-electron chi connectivity index (χ1n) is 7.70. The highest BCUT2D eigenvalue weighted by molar-refractivity contribution is 6.31. The molecule has 24 heavy (non-hydrogen) atoms. The zero-order valence-electron chi connectivity index (χ0n) is 13.6. The third kappa shape index (κ3) is 5.94. The summed E-state index contributed by atoms with van der Waals surface area (Å²) in [6, 6.07) is 4.94. The van der Waals surface area contributed by atoms with E-state index < -0.39 is 0 Å². The lowest BCUT2D eigenvalue weighted by atomic mass is 10.1. The van der Waals surface area contributed by atoms with Gasteiger partial charge in [-0.1, -0.05) is 11.6 Å². The first-order valence-corrected chi connectivity index (χ1v) is 8.08. The van der Waals surface area contributed by atoms with Gasteiger partial charge in [0.15, 0.2) is 0 Å². The third-order valence-electron chi connectivity index (χ3n) is 3.65. The predicted molar refractivity (Wildman–Crippen MR) is 97.2 cm³/mol. The van der Waals surface area contributed by atoms with Crippen molar-refractivity contribution in [3.63, 3.8) is 0 Å². The average molecular weight is 376 g/mol. The Balaban J connectivity index is 0.00000288. The van der Waals surface area contributed by atoms with E-state index in [-0.39, 0.29) is 30.8 Å². The molecule has 2 rings (SSSR count). The summed E-state index contributed by atoms with van der Waals surface area (Å²) >= 11 is 6.01. The Morgan fingerprint density at radius 2 is 2.00 bits per heavy atom. The second-order valence-corrected chi connectivity index (χ2v) is 5.84. The number of hydrogen-bond acceptors (Lipinski definition) is 4. The summed E-state index contributed by atoms with van der Waals surface area (Å²) in [4.78, 5) is 26.4. The lowest BCUT2D eigenvalue weighted by Gasteiger charge is -2.18. The standard InChI is InChI=1S/C16H22ClN3O3.ClH/c1-23-9-6-18-11-15(21)19-14-5-4-12(17)10-13(14)16(22)20-7-2-3-8-20;/h4-5,10,18H,2-3,6-9,11H2,1H3,(H,19,21);1H. The van der Waals surface area contributed by atoms with E-state index in [0.717, 1.165) is 25.9 Å². The zero-order valence-corrected chi connectivity index (χ0v) is 15.2. The minimum atomic E-state index is -0.209. The van der Waals surface area contributed by atoms with Crippen LogP contribution in [0.4, 0.5) is 5.69 Å². The monoisotopic (exact) mass is 375 g/mol. The number of likely N-dealkylation sites (tertiary alicyclic amines) is 1. The van der Waals surface area contributed by atoms with E-state index in [1.54, 1.807) is 30.2 Å². The maximum atomic E-state index is 12.6. The number of carbonyl (C=O) groups is 2. The van der Waals surface area contributed by atoms with Crippen LogP contribution in [-0.4, -0.2) is 56.6 Å². The number of rotatable bonds is 7. The second kappa shape index (κ2) is 10.5. The van der Waals surface area contributed by atoms with Gasteiger partial charge in [-0.2, -0.15) is 0 Å². The van der Waals surface area contributed by atoms with Gasteiger partial charge in [0.2, 0.25) is 5.91 Å². The van der Waals surface area contributed by atoms with Crippen LogP contribution < -0.4 is 10.6 Å². The van der Waals surface area contributed by atoms with Crippen LogP contribution >= 0.6 is 24.0 Å². The summed E-state index contributed by atoms with van der Waals surface area (Å²) in [5.74, 6) is -0.300. The average Bonchev–Trinajstić information content (AvgIpc) is 3.07. The number of carbonyl (C=O) groups excluding carboxylic acids is 2. The fourth-order valence-corrected chi connectivity index (χ4v) is 2.64. The molecule has 1 aliphatic rings. The molecule has 0 saturated carbocycles. The SMILES string of the molecule is COCCNCC(=O)Nc1ccc(Cl)cc1C(=O)N1CCCC1.Cl. The summed E-state index contributed by atoms with van der Waals surface area (Å²) < 4.78 is 4.90. The van der Waals surface area contributed by atoms with Crippen LogP contribution in [0.15, 0.2) is 18.2 Å². The number of halogens is 2. The van der Waals surface area contributed by atoms with Crippen molar-refractivity contribution in [3.8, 4) is 0 Å². The van der Waals surface area contributed by atoms with Crippen molar-refractivity contribution in [1.29, 1.82) is 0 Å². The van der Waals surface area contributed by atoms with Gasteiger partial charge >= 0.3 is 0 Å². The van der Waals surface area contributed by atoms with Crippen LogP contribution in [0, 0.1) is 0 Å². The van der Waals surface area contributed by atoms with E-state index in [1.807, 2.05) is 0 Å². The predicted octanol–water partition coefficient (Wildman–Crippen LogP) is 2.17. The fourth-order valence-electron chi connectivity index (χ4n) is 2.46. The molecule has 2 amide bonds. The van der Waals surface area contributed by atoms with Gasteiger partial charge < -0.3 is 20.3 Å². The summed E-state index contributed by atoms with van der Waals surface area (Å²) in [6.45, 7) is 2.77. The molecule has 1 saturated heterocycles. The highest BCUT2D eigenvalue weighted by atomic mass is 35.5. The molecule has 0 aliphatic carbocycles. The van der Waals surface area contributed by atoms with Crippen LogP contribution in [0.5, 0.6) is 0 Å². The van der Waals surface area contributed by atoms with Crippen molar-refractivity contribution in [2.75, 3.05) is 45.2 Å². The first kappa shape index (κ1) is 20.7. The molecule has 1 aliphatic heterocycles. The molecular formula is C16H23Cl2N3O3. The van der Waals surface area contributed by atoms with Crippen molar-refractivity contribution in [3.05, 3.63) is 28.8 Å². The van der Waals surface area contributed by atoms with E-state index in [0.29, 0.717) is 29.4 Å². The lowest BCUT2D eigenvalue weighted by Crippen LogP contribution is -2.32. The number of benzene rings is 1. The molecule has 0 unspecified atom stereocenters. The van der Waals surface area contributed by atoms with Crippen molar-refractivity contribution in [2.45, 2.75) is 12.8 Å². The molecule has 1 heterocycles. The molecule has 1 aromatic rings. The van der Waals surface area contributed by atoms with Crippen LogP contribution in [0.1, 0.15) is 23.2 Å². The number of methoxy groups -OCH3 is 1. The molecule has 1 aromatic carbocycles. The van der Waals surface area contributed by atoms with E-state index in [9.17, 15) is 9.59 Å². The van der Waals surface area contributed by atoms with Gasteiger partial charge in [-0.25, -0.2) is 0 Å². The van der Waals surface area contributed by atoms with E-state index in [1.165, 1.54) is 0 Å². The first-order chi connectivity index (χ1) is 11.1. The Morgan fingerprint density at radius 1 is 1.29 bits per heavy atom. The molecular weight excluding hydrogens is 353 g/mol. The molecule has 8 heteroatoms. The van der Waals surface area contributed by atoms with Crippen molar-refractivity contribution in [1.82, 2.24) is 10.2 Å². The van der Waals surface area contributed by atoms with E-state index >= 15 is 0 Å². The number of anilines is 1. The number of ether oxygens (including phenoxy) is 1. The number of hydrogen-bond donors (Lipinski definition) is 2. The Morgan fingerprint density at radius 3 is 2.67 bits per heavy atom. The smallest absolute Gasteiger partial charge is 0.256 e. The van der Waals surface area contributed by atoms with Crippen molar-refractivity contribution >= 4 is 41.5 Å². The molecule has 0 bridgehead atoms. The summed E-state index contributed by atoms with van der Waals surface area (Å²) in [6.07, 6.45) is 2.02. The minimum Gasteiger partial charge on any atom is -0.383 e. The molecule has 0 spiro atoms. The van der Waals surface area contributed by atoms with Gasteiger partial charge in [-0.3, -0.25) is 9.59 Å². The molecule has 1 fully saturated rings. The van der Waals surface area contributed by atoms with Gasteiger partial charge in [0.05, 0.1) is 24.4 Å². The van der Waals surface area contributed by atoms with Crippen molar-refractivity contribution < 1.29 is 14.3 Å². The maximum absolute atomic E-state index is 12.6. The molecule has 134 valence electrons. The molecule has 2 N–H and O–H groups in total. The zero-order chi connectivity index (χ0) is 16.7. The largest absolute Gasteiger partial charge is 0.383 e. The lowest BCUT2D eigenvalue weighted by molar-refractivity contribution is -0.115. The van der Waals surface area contributed by atoms with Crippen LogP contribution in [0.2, 0.25) is 5.02 Å². The third-order valence-corrected chi connectivity index (χ3v) is 3.88. The second-order valence-electron chi connectivity index (χ2n) is 5.41. The quantitative estimate of drug-likeness (QED) is 0.716. The molecule has 0 aromatic heterocycles. The fraction of sp³-hybridized carbons (Fsp3) is 0.500. The Kier molecular flexibility index (Phi) is 9.07. The Labute approximate surface area is 153 Å². The summed E-state index contributed by atoms with van der Waals surface area (Å²) in [5.41, 5.74) is 0.925. The summed E-state index contributed by atoms with van der Waals surface area (Å²) in [7, 11) is 1.60. The topological polar surface area (TPSA) is 70.7 Å². The van der Waals surface area contributed by atoms with Crippen LogP contribution in [-0.2, 0) is 9.53 Å². The minimum absolute atomic E-state index is 0. The van der Waals surface area contributed by atoms with Gasteiger partial charge in [-0.05, 0) is 31.0 Å². The van der Waals surface area contributed by atoms with Crippen LogP contribution in [0.25, 0.3) is 0 Å². The number of nitrogens with one attached hydrogen (secondary N) is 2. The highest BCUT2D eigenvalue weighted by Crippen LogP contribution is 2.24. The highest BCUT2D eigenvalue weighted by Gasteiger charge is 2.22. The molecule has 0 atom stereocenters. The van der Waals surface area contributed by atoms with E-state index in [2.05, 4.69) is 10.6 Å². The van der Waals surface area contributed by atoms with Gasteiger partial charge in [0.1, 0.15) is 0 Å². The van der Waals surface area contributed by atoms with Crippen molar-refractivity contribution in [2.24, 2.45) is 0 Å². The molecule has 0 radical (unpaired) electrons. The van der Waals surface area contributed by atoms with Gasteiger partial charge in [-0.15, -0.1) is 12.4 Å². The Bertz CT molecular complexity index is 563.